The summed E-state index contributed by atoms with van der Waals surface area (Å²) < 4.78 is 2.00. The highest BCUT2D eigenvalue weighted by Crippen LogP contribution is 2.33. The standard InChI is InChI=1S/C23H30ClN5O/c1-16-21(17-5-7-18(24)8-6-17)22-25-19(23(2,3)4)15-20(29(22)26-16)28-11-9-27(10-12-28)13-14-30/h5-8,15,30H,9-14H2,1-4H3. The molecule has 0 spiro atoms. The largest absolute Gasteiger partial charge is 0.395 e. The van der Waals surface area contributed by atoms with Crippen molar-refractivity contribution in [2.24, 2.45) is 0 Å². The summed E-state index contributed by atoms with van der Waals surface area (Å²) in [5.41, 5.74) is 4.94. The molecule has 0 unspecified atom stereocenters. The molecule has 6 nitrogen and oxygen atoms in total. The van der Waals surface area contributed by atoms with Crippen LogP contribution < -0.4 is 4.90 Å². The zero-order valence-corrected chi connectivity index (χ0v) is 18.9. The number of aliphatic hydroxyl groups is 1. The number of rotatable bonds is 4. The first-order valence-corrected chi connectivity index (χ1v) is 10.9. The molecule has 7 heteroatoms. The smallest absolute Gasteiger partial charge is 0.165 e. The van der Waals surface area contributed by atoms with E-state index >= 15 is 0 Å². The van der Waals surface area contributed by atoms with Crippen LogP contribution in [-0.4, -0.2) is 63.9 Å². The molecular formula is C23H30ClN5O. The summed E-state index contributed by atoms with van der Waals surface area (Å²) in [6.07, 6.45) is 0. The topological polar surface area (TPSA) is 56.9 Å². The Balaban J connectivity index is 1.84. The first-order valence-electron chi connectivity index (χ1n) is 10.5. The number of fused-ring (bicyclic) bond motifs is 1. The van der Waals surface area contributed by atoms with E-state index in [0.717, 1.165) is 71.7 Å². The summed E-state index contributed by atoms with van der Waals surface area (Å²) in [6, 6.07) is 10.1. The number of hydrogen-bond donors (Lipinski definition) is 1. The van der Waals surface area contributed by atoms with Gasteiger partial charge in [0.25, 0.3) is 0 Å². The van der Waals surface area contributed by atoms with E-state index in [4.69, 9.17) is 21.7 Å². The summed E-state index contributed by atoms with van der Waals surface area (Å²) in [6.45, 7) is 13.2. The number of piperazine rings is 1. The van der Waals surface area contributed by atoms with Gasteiger partial charge in [0.2, 0.25) is 0 Å². The van der Waals surface area contributed by atoms with Gasteiger partial charge in [-0.25, -0.2) is 4.98 Å². The number of anilines is 1. The molecule has 1 aromatic carbocycles. The summed E-state index contributed by atoms with van der Waals surface area (Å²) in [5.74, 6) is 1.08. The van der Waals surface area contributed by atoms with Crippen LogP contribution >= 0.6 is 11.6 Å². The Kier molecular flexibility index (Phi) is 5.75. The molecule has 2 aromatic heterocycles. The summed E-state index contributed by atoms with van der Waals surface area (Å²) >= 11 is 6.11. The van der Waals surface area contributed by atoms with Crippen molar-refractivity contribution in [2.45, 2.75) is 33.1 Å². The van der Waals surface area contributed by atoms with E-state index < -0.39 is 0 Å². The molecule has 1 N–H and O–H groups in total. The molecule has 1 fully saturated rings. The van der Waals surface area contributed by atoms with Crippen molar-refractivity contribution in [1.29, 1.82) is 0 Å². The Labute approximate surface area is 183 Å². The molecule has 30 heavy (non-hydrogen) atoms. The Morgan fingerprint density at radius 2 is 1.73 bits per heavy atom. The van der Waals surface area contributed by atoms with E-state index in [0.29, 0.717) is 0 Å². The number of nitrogens with zero attached hydrogens (tertiary/aromatic N) is 5. The van der Waals surface area contributed by atoms with Gasteiger partial charge in [-0.15, -0.1) is 0 Å². The second kappa shape index (κ2) is 8.17. The molecule has 0 amide bonds. The fraction of sp³-hybridized carbons (Fsp3) is 0.478. The zero-order chi connectivity index (χ0) is 21.5. The molecule has 1 aliphatic rings. The van der Waals surface area contributed by atoms with E-state index in [1.54, 1.807) is 0 Å². The fourth-order valence-electron chi connectivity index (χ4n) is 4.01. The number of hydrogen-bond acceptors (Lipinski definition) is 5. The van der Waals surface area contributed by atoms with Crippen LogP contribution in [0.5, 0.6) is 0 Å². The van der Waals surface area contributed by atoms with Crippen LogP contribution in [0.25, 0.3) is 16.8 Å². The third-order valence-electron chi connectivity index (χ3n) is 5.76. The monoisotopic (exact) mass is 427 g/mol. The predicted octanol–water partition coefficient (Wildman–Crippen LogP) is 3.77. The molecule has 0 bridgehead atoms. The van der Waals surface area contributed by atoms with Gasteiger partial charge in [-0.2, -0.15) is 9.61 Å². The van der Waals surface area contributed by atoms with Gasteiger partial charge in [-0.3, -0.25) is 4.90 Å². The van der Waals surface area contributed by atoms with Crippen LogP contribution in [0.4, 0.5) is 5.82 Å². The van der Waals surface area contributed by atoms with E-state index in [1.807, 2.05) is 35.7 Å². The number of aliphatic hydroxyl groups excluding tert-OH is 1. The van der Waals surface area contributed by atoms with Gasteiger partial charge in [-0.05, 0) is 24.6 Å². The molecule has 0 atom stereocenters. The molecule has 4 rings (SSSR count). The molecule has 1 saturated heterocycles. The van der Waals surface area contributed by atoms with Crippen LogP contribution in [0.15, 0.2) is 30.3 Å². The Morgan fingerprint density at radius 3 is 2.33 bits per heavy atom. The van der Waals surface area contributed by atoms with E-state index in [2.05, 4.69) is 36.6 Å². The van der Waals surface area contributed by atoms with Crippen molar-refractivity contribution in [2.75, 3.05) is 44.2 Å². The van der Waals surface area contributed by atoms with E-state index in [-0.39, 0.29) is 12.0 Å². The predicted molar refractivity (Wildman–Crippen MR) is 123 cm³/mol. The second-order valence-electron chi connectivity index (χ2n) is 9.00. The highest BCUT2D eigenvalue weighted by Gasteiger charge is 2.26. The highest BCUT2D eigenvalue weighted by atomic mass is 35.5. The Bertz CT molecular complexity index is 1030. The third-order valence-corrected chi connectivity index (χ3v) is 6.01. The molecule has 0 radical (unpaired) electrons. The minimum atomic E-state index is -0.0787. The molecule has 3 aromatic rings. The van der Waals surface area contributed by atoms with Crippen LogP contribution in [0.3, 0.4) is 0 Å². The average Bonchev–Trinajstić information content (AvgIpc) is 3.04. The molecule has 160 valence electrons. The normalized spacial score (nSPS) is 15.9. The van der Waals surface area contributed by atoms with Crippen molar-refractivity contribution in [1.82, 2.24) is 19.5 Å². The summed E-state index contributed by atoms with van der Waals surface area (Å²) in [4.78, 5) is 9.75. The van der Waals surface area contributed by atoms with Gasteiger partial charge in [0.1, 0.15) is 5.82 Å². The average molecular weight is 428 g/mol. The molecule has 0 aliphatic carbocycles. The lowest BCUT2D eigenvalue weighted by atomic mass is 9.91. The van der Waals surface area contributed by atoms with Crippen LogP contribution in [0.2, 0.25) is 5.02 Å². The lowest BCUT2D eigenvalue weighted by molar-refractivity contribution is 0.188. The van der Waals surface area contributed by atoms with Crippen molar-refractivity contribution in [3.63, 3.8) is 0 Å². The van der Waals surface area contributed by atoms with Gasteiger partial charge in [0.15, 0.2) is 5.65 Å². The molecule has 0 saturated carbocycles. The van der Waals surface area contributed by atoms with Gasteiger partial charge in [0, 0.05) is 54.8 Å². The quantitative estimate of drug-likeness (QED) is 0.686. The number of benzene rings is 1. The summed E-state index contributed by atoms with van der Waals surface area (Å²) in [5, 5.41) is 14.9. The van der Waals surface area contributed by atoms with E-state index in [1.165, 1.54) is 0 Å². The van der Waals surface area contributed by atoms with Crippen molar-refractivity contribution < 1.29 is 5.11 Å². The third kappa shape index (κ3) is 4.04. The molecule has 1 aliphatic heterocycles. The first kappa shape index (κ1) is 21.1. The van der Waals surface area contributed by atoms with Crippen molar-refractivity contribution in [3.8, 4) is 11.1 Å². The highest BCUT2D eigenvalue weighted by molar-refractivity contribution is 6.30. The van der Waals surface area contributed by atoms with Crippen LogP contribution in [0.1, 0.15) is 32.2 Å². The first-order chi connectivity index (χ1) is 14.3. The van der Waals surface area contributed by atoms with Crippen molar-refractivity contribution >= 4 is 23.1 Å². The SMILES string of the molecule is Cc1nn2c(N3CCN(CCO)CC3)cc(C(C)(C)C)nc2c1-c1ccc(Cl)cc1. The molecular weight excluding hydrogens is 398 g/mol. The minimum absolute atomic E-state index is 0.0787. The van der Waals surface area contributed by atoms with Crippen molar-refractivity contribution in [3.05, 3.63) is 46.7 Å². The molecule has 3 heterocycles. The Morgan fingerprint density at radius 1 is 1.07 bits per heavy atom. The zero-order valence-electron chi connectivity index (χ0n) is 18.2. The Hall–Kier alpha value is -2.15. The van der Waals surface area contributed by atoms with Gasteiger partial charge in [0.05, 0.1) is 18.0 Å². The van der Waals surface area contributed by atoms with E-state index in [9.17, 15) is 5.11 Å². The maximum atomic E-state index is 9.24. The number of aromatic nitrogens is 3. The number of halogens is 1. The van der Waals surface area contributed by atoms with Gasteiger partial charge in [-0.1, -0.05) is 44.5 Å². The van der Waals surface area contributed by atoms with Crippen LogP contribution in [0, 0.1) is 6.92 Å². The van der Waals surface area contributed by atoms with Crippen LogP contribution in [-0.2, 0) is 5.41 Å². The number of β-amino-alcohol motifs (C(OH)–C–C–N with tert-alkyl or cyclic N) is 1. The second-order valence-corrected chi connectivity index (χ2v) is 9.44. The summed E-state index contributed by atoms with van der Waals surface area (Å²) in [7, 11) is 0. The maximum absolute atomic E-state index is 9.24. The van der Waals surface area contributed by atoms with Gasteiger partial charge < -0.3 is 10.0 Å². The maximum Gasteiger partial charge on any atom is 0.165 e. The lowest BCUT2D eigenvalue weighted by Gasteiger charge is -2.36. The number of aryl methyl sites for hydroxylation is 1. The van der Waals surface area contributed by atoms with Gasteiger partial charge >= 0.3 is 0 Å². The fourth-order valence-corrected chi connectivity index (χ4v) is 4.14. The minimum Gasteiger partial charge on any atom is -0.395 e. The lowest BCUT2D eigenvalue weighted by Crippen LogP contribution is -2.47.